The third-order valence-electron chi connectivity index (χ3n) is 7.61. The number of fused-ring (bicyclic) bond motifs is 2. The molecule has 7 nitrogen and oxygen atoms in total. The third-order valence-corrected chi connectivity index (χ3v) is 8.57. The molecule has 0 radical (unpaired) electrons. The van der Waals surface area contributed by atoms with Gasteiger partial charge in [-0.15, -0.1) is 0 Å². The van der Waals surface area contributed by atoms with Gasteiger partial charge < -0.3 is 20.1 Å². The summed E-state index contributed by atoms with van der Waals surface area (Å²) < 4.78 is 11.9. The van der Waals surface area contributed by atoms with Gasteiger partial charge in [0.05, 0.1) is 18.6 Å². The van der Waals surface area contributed by atoms with Crippen LogP contribution in [0.15, 0.2) is 65.1 Å². The number of hydrogen-bond acceptors (Lipinski definition) is 5. The van der Waals surface area contributed by atoms with E-state index in [4.69, 9.17) is 32.7 Å². The van der Waals surface area contributed by atoms with Crippen LogP contribution in [0.1, 0.15) is 48.9 Å². The molecule has 0 aromatic heterocycles. The Balaban J connectivity index is 1.72. The van der Waals surface area contributed by atoms with E-state index >= 15 is 0 Å². The number of rotatable bonds is 6. The molecule has 2 aliphatic rings. The van der Waals surface area contributed by atoms with Crippen molar-refractivity contribution < 1.29 is 23.9 Å². The zero-order valence-corrected chi connectivity index (χ0v) is 25.1. The molecule has 1 saturated heterocycles. The molecular formula is C30H27BrCl2N2O5. The molecule has 2 amide bonds. The number of carbonyl (C=O) groups is 3. The van der Waals surface area contributed by atoms with E-state index in [1.165, 1.54) is 7.11 Å². The van der Waals surface area contributed by atoms with Crippen LogP contribution in [-0.2, 0) is 24.5 Å². The number of benzene rings is 3. The van der Waals surface area contributed by atoms with Crippen LogP contribution in [0.4, 0.5) is 5.69 Å². The number of nitrogens with one attached hydrogen (secondary N) is 2. The van der Waals surface area contributed by atoms with E-state index in [2.05, 4.69) is 26.6 Å². The van der Waals surface area contributed by atoms with Crippen molar-refractivity contribution in [2.45, 2.75) is 37.6 Å². The molecule has 5 rings (SSSR count). The lowest BCUT2D eigenvalue weighted by atomic mass is 9.59. The molecule has 2 heterocycles. The van der Waals surface area contributed by atoms with Crippen molar-refractivity contribution in [1.82, 2.24) is 5.32 Å². The minimum atomic E-state index is -1.27. The van der Waals surface area contributed by atoms with Gasteiger partial charge in [-0.2, -0.15) is 0 Å². The van der Waals surface area contributed by atoms with Gasteiger partial charge in [0.15, 0.2) is 0 Å². The Labute approximate surface area is 250 Å². The van der Waals surface area contributed by atoms with E-state index < -0.39 is 28.8 Å². The van der Waals surface area contributed by atoms with E-state index in [9.17, 15) is 14.4 Å². The topological polar surface area (TPSA) is 93.7 Å². The normalized spacial score (nSPS) is 21.9. The molecule has 2 N–H and O–H groups in total. The number of esters is 1. The van der Waals surface area contributed by atoms with Gasteiger partial charge in [-0.1, -0.05) is 57.3 Å². The summed E-state index contributed by atoms with van der Waals surface area (Å²) in [6.45, 7) is 3.46. The summed E-state index contributed by atoms with van der Waals surface area (Å²) in [5.41, 5.74) is 0.412. The van der Waals surface area contributed by atoms with Gasteiger partial charge in [0.25, 0.3) is 0 Å². The third kappa shape index (κ3) is 4.86. The standard InChI is InChI=1S/C30H27BrCl2N2O5/c1-29(2,28(38)39-3)15-40-24-10-7-17(31)12-20(24)26-30(21-9-8-19(33)13-23(21)34-27(30)37)22(14-25(36)35-26)16-5-4-6-18(32)11-16/h4-13,22,26H,14-15H2,1-3H3,(H,34,37)(H,35,36)/t22-,26+,30?/m0/s1. The van der Waals surface area contributed by atoms with Crippen LogP contribution >= 0.6 is 39.1 Å². The van der Waals surface area contributed by atoms with Crippen molar-refractivity contribution in [2.24, 2.45) is 5.41 Å². The number of halogens is 3. The molecule has 10 heteroatoms. The lowest BCUT2D eigenvalue weighted by Gasteiger charge is -2.46. The molecule has 1 fully saturated rings. The molecule has 1 spiro atoms. The number of anilines is 1. The van der Waals surface area contributed by atoms with Gasteiger partial charge in [0.1, 0.15) is 17.8 Å². The zero-order valence-electron chi connectivity index (χ0n) is 22.0. The molecule has 3 aromatic carbocycles. The number of methoxy groups -OCH3 is 1. The summed E-state index contributed by atoms with van der Waals surface area (Å²) in [5.74, 6) is -1.06. The first kappa shape index (κ1) is 28.5. The SMILES string of the molecule is COC(=O)C(C)(C)COc1ccc(Br)cc1[C@H]1NC(=O)C[C@@H](c2cccc(Cl)c2)C12C(=O)Nc1cc(Cl)ccc12. The first-order valence-corrected chi connectivity index (χ1v) is 14.2. The lowest BCUT2D eigenvalue weighted by molar-refractivity contribution is -0.152. The van der Waals surface area contributed by atoms with E-state index in [0.717, 1.165) is 10.0 Å². The summed E-state index contributed by atoms with van der Waals surface area (Å²) in [6, 6.07) is 17.1. The lowest BCUT2D eigenvalue weighted by Crippen LogP contribution is -2.57. The molecule has 0 bridgehead atoms. The predicted molar refractivity (Wildman–Crippen MR) is 157 cm³/mol. The fraction of sp³-hybridized carbons (Fsp3) is 0.300. The van der Waals surface area contributed by atoms with Gasteiger partial charge in [-0.05, 0) is 67.4 Å². The summed E-state index contributed by atoms with van der Waals surface area (Å²) in [4.78, 5) is 40.0. The van der Waals surface area contributed by atoms with Gasteiger partial charge >= 0.3 is 5.97 Å². The maximum Gasteiger partial charge on any atom is 0.314 e. The maximum absolute atomic E-state index is 14.3. The van der Waals surface area contributed by atoms with Crippen molar-refractivity contribution in [3.05, 3.63) is 91.9 Å². The highest BCUT2D eigenvalue weighted by atomic mass is 79.9. The van der Waals surface area contributed by atoms with Crippen molar-refractivity contribution in [2.75, 3.05) is 19.0 Å². The van der Waals surface area contributed by atoms with Crippen molar-refractivity contribution in [3.8, 4) is 5.75 Å². The number of amides is 2. The Morgan fingerprint density at radius 3 is 2.55 bits per heavy atom. The first-order chi connectivity index (χ1) is 19.0. The Morgan fingerprint density at radius 1 is 1.07 bits per heavy atom. The Hall–Kier alpha value is -3.07. The monoisotopic (exact) mass is 644 g/mol. The van der Waals surface area contributed by atoms with Crippen LogP contribution in [-0.4, -0.2) is 31.5 Å². The predicted octanol–water partition coefficient (Wildman–Crippen LogP) is 6.57. The fourth-order valence-electron chi connectivity index (χ4n) is 5.74. The number of ether oxygens (including phenoxy) is 2. The van der Waals surface area contributed by atoms with Crippen LogP contribution in [0, 0.1) is 5.41 Å². The highest BCUT2D eigenvalue weighted by Gasteiger charge is 2.61. The molecule has 0 saturated carbocycles. The van der Waals surface area contributed by atoms with E-state index in [1.807, 2.05) is 24.3 Å². The smallest absolute Gasteiger partial charge is 0.314 e. The molecule has 40 heavy (non-hydrogen) atoms. The maximum atomic E-state index is 14.3. The largest absolute Gasteiger partial charge is 0.492 e. The number of hydrogen-bond donors (Lipinski definition) is 2. The minimum Gasteiger partial charge on any atom is -0.492 e. The van der Waals surface area contributed by atoms with Crippen molar-refractivity contribution in [1.29, 1.82) is 0 Å². The van der Waals surface area contributed by atoms with E-state index in [1.54, 1.807) is 50.2 Å². The van der Waals surface area contributed by atoms with Gasteiger partial charge in [-0.3, -0.25) is 14.4 Å². The average molecular weight is 646 g/mol. The van der Waals surface area contributed by atoms with Gasteiger partial charge in [-0.25, -0.2) is 0 Å². The van der Waals surface area contributed by atoms with Crippen LogP contribution in [0.5, 0.6) is 5.75 Å². The Kier molecular flexibility index (Phi) is 7.63. The molecule has 1 unspecified atom stereocenters. The second-order valence-electron chi connectivity index (χ2n) is 10.7. The molecule has 3 aromatic rings. The second-order valence-corrected chi connectivity index (χ2v) is 12.5. The van der Waals surface area contributed by atoms with Crippen LogP contribution in [0.3, 0.4) is 0 Å². The zero-order chi connectivity index (χ0) is 28.8. The molecule has 208 valence electrons. The summed E-state index contributed by atoms with van der Waals surface area (Å²) >= 11 is 16.3. The fourth-order valence-corrected chi connectivity index (χ4v) is 6.49. The molecular weight excluding hydrogens is 619 g/mol. The average Bonchev–Trinajstić information content (AvgIpc) is 3.19. The van der Waals surface area contributed by atoms with E-state index in [0.29, 0.717) is 32.6 Å². The summed E-state index contributed by atoms with van der Waals surface area (Å²) in [5, 5.41) is 7.10. The summed E-state index contributed by atoms with van der Waals surface area (Å²) in [7, 11) is 1.33. The molecule has 3 atom stereocenters. The van der Waals surface area contributed by atoms with Crippen LogP contribution in [0.2, 0.25) is 10.0 Å². The second kappa shape index (κ2) is 10.7. The van der Waals surface area contributed by atoms with Gasteiger partial charge in [0, 0.05) is 38.1 Å². The number of piperidine rings is 1. The van der Waals surface area contributed by atoms with E-state index in [-0.39, 0.29) is 24.8 Å². The quantitative estimate of drug-likeness (QED) is 0.296. The van der Waals surface area contributed by atoms with Crippen LogP contribution in [0.25, 0.3) is 0 Å². The summed E-state index contributed by atoms with van der Waals surface area (Å²) in [6.07, 6.45) is 0.0614. The Morgan fingerprint density at radius 2 is 1.82 bits per heavy atom. The Bertz CT molecular complexity index is 1530. The molecule has 0 aliphatic carbocycles. The van der Waals surface area contributed by atoms with Crippen LogP contribution < -0.4 is 15.4 Å². The minimum absolute atomic E-state index is 0.0120. The highest BCUT2D eigenvalue weighted by Crippen LogP contribution is 2.58. The first-order valence-electron chi connectivity index (χ1n) is 12.6. The van der Waals surface area contributed by atoms with Crippen molar-refractivity contribution in [3.63, 3.8) is 0 Å². The van der Waals surface area contributed by atoms with Gasteiger partial charge in [0.2, 0.25) is 11.8 Å². The van der Waals surface area contributed by atoms with Crippen molar-refractivity contribution >= 4 is 62.6 Å². The highest BCUT2D eigenvalue weighted by molar-refractivity contribution is 9.10. The number of carbonyl (C=O) groups excluding carboxylic acids is 3. The molecule has 2 aliphatic heterocycles.